The van der Waals surface area contributed by atoms with Crippen molar-refractivity contribution >= 4 is 16.9 Å². The van der Waals surface area contributed by atoms with Crippen LogP contribution < -0.4 is 0 Å². The Kier molecular flexibility index (Phi) is 5.64. The summed E-state index contributed by atoms with van der Waals surface area (Å²) in [5.74, 6) is -1.84. The van der Waals surface area contributed by atoms with E-state index in [2.05, 4.69) is 4.98 Å². The van der Waals surface area contributed by atoms with Gasteiger partial charge in [0.15, 0.2) is 5.12 Å². The average molecular weight is 277 g/mol. The van der Waals surface area contributed by atoms with Gasteiger partial charge in [0.2, 0.25) is 11.9 Å². The minimum atomic E-state index is -1.49. The molecule has 0 saturated carbocycles. The van der Waals surface area contributed by atoms with Crippen LogP contribution in [0, 0.1) is 11.9 Å². The van der Waals surface area contributed by atoms with E-state index in [4.69, 9.17) is 0 Å². The van der Waals surface area contributed by atoms with Crippen molar-refractivity contribution in [3.05, 3.63) is 29.6 Å². The molecule has 0 aromatic carbocycles. The zero-order valence-corrected chi connectivity index (χ0v) is 10.5. The van der Waals surface area contributed by atoms with Crippen molar-refractivity contribution < 1.29 is 23.8 Å². The van der Waals surface area contributed by atoms with E-state index in [9.17, 15) is 23.8 Å². The maximum atomic E-state index is 13.2. The molecule has 2 N–H and O–H groups in total. The molecular weight excluding hydrogens is 264 g/mol. The Balaban J connectivity index is 2.62. The van der Waals surface area contributed by atoms with Crippen LogP contribution in [0.4, 0.5) is 8.78 Å². The fourth-order valence-corrected chi connectivity index (χ4v) is 1.98. The van der Waals surface area contributed by atoms with Gasteiger partial charge in [-0.3, -0.25) is 4.79 Å². The van der Waals surface area contributed by atoms with E-state index in [1.807, 2.05) is 0 Å². The van der Waals surface area contributed by atoms with Gasteiger partial charge in [-0.25, -0.2) is 0 Å². The number of aromatic nitrogens is 1. The summed E-state index contributed by atoms with van der Waals surface area (Å²) >= 11 is 0.999. The smallest absolute Gasteiger partial charge is 0.221 e. The van der Waals surface area contributed by atoms with Crippen molar-refractivity contribution in [2.24, 2.45) is 0 Å². The molecule has 7 heteroatoms. The van der Waals surface area contributed by atoms with Crippen molar-refractivity contribution in [1.82, 2.24) is 4.98 Å². The van der Waals surface area contributed by atoms with Crippen molar-refractivity contribution in [2.45, 2.75) is 25.6 Å². The number of nitrogens with zero attached hydrogens (tertiary/aromatic N) is 1. The van der Waals surface area contributed by atoms with Gasteiger partial charge < -0.3 is 10.2 Å². The lowest BCUT2D eigenvalue weighted by molar-refractivity contribution is -0.109. The standard InChI is InChI=1S/C11H13F2NO3S/c1-6(15)18-5-4-8(16)10(17)7-2-3-9(12)14-11(7)13/h2-3,8,10,16-17H,4-5H2,1H3. The molecule has 0 amide bonds. The first kappa shape index (κ1) is 15.0. The quantitative estimate of drug-likeness (QED) is 0.797. The molecule has 0 aliphatic carbocycles. The molecule has 0 radical (unpaired) electrons. The molecule has 1 aromatic rings. The lowest BCUT2D eigenvalue weighted by Crippen LogP contribution is -2.20. The van der Waals surface area contributed by atoms with Gasteiger partial charge in [-0.15, -0.1) is 0 Å². The summed E-state index contributed by atoms with van der Waals surface area (Å²) in [6.45, 7) is 1.39. The molecule has 0 bridgehead atoms. The third-order valence-corrected chi connectivity index (χ3v) is 3.09. The molecular formula is C11H13F2NO3S. The fraction of sp³-hybridized carbons (Fsp3) is 0.455. The highest BCUT2D eigenvalue weighted by atomic mass is 32.2. The number of aliphatic hydroxyl groups is 2. The first-order valence-electron chi connectivity index (χ1n) is 5.23. The molecule has 4 nitrogen and oxygen atoms in total. The summed E-state index contributed by atoms with van der Waals surface area (Å²) < 4.78 is 25.8. The Labute approximate surface area is 107 Å². The number of halogens is 2. The van der Waals surface area contributed by atoms with E-state index in [1.54, 1.807) is 0 Å². The lowest BCUT2D eigenvalue weighted by atomic mass is 10.0. The van der Waals surface area contributed by atoms with Crippen LogP contribution in [0.15, 0.2) is 12.1 Å². The molecule has 0 fully saturated rings. The molecule has 0 spiro atoms. The maximum Gasteiger partial charge on any atom is 0.221 e. The predicted octanol–water partition coefficient (Wildman–Crippen LogP) is 1.42. The molecule has 1 rings (SSSR count). The van der Waals surface area contributed by atoms with Crippen molar-refractivity contribution in [1.29, 1.82) is 0 Å². The van der Waals surface area contributed by atoms with E-state index >= 15 is 0 Å². The first-order chi connectivity index (χ1) is 8.41. The molecule has 0 aliphatic heterocycles. The number of rotatable bonds is 5. The number of pyridine rings is 1. The molecule has 2 atom stereocenters. The third kappa shape index (κ3) is 4.32. The van der Waals surface area contributed by atoms with Gasteiger partial charge in [-0.05, 0) is 18.6 Å². The normalized spacial score (nSPS) is 14.3. The van der Waals surface area contributed by atoms with Gasteiger partial charge in [0.1, 0.15) is 6.10 Å². The lowest BCUT2D eigenvalue weighted by Gasteiger charge is -2.17. The molecule has 0 saturated heterocycles. The first-order valence-corrected chi connectivity index (χ1v) is 6.22. The van der Waals surface area contributed by atoms with Gasteiger partial charge in [-0.1, -0.05) is 11.8 Å². The highest BCUT2D eigenvalue weighted by molar-refractivity contribution is 8.13. The summed E-state index contributed by atoms with van der Waals surface area (Å²) in [6.07, 6.45) is -2.62. The summed E-state index contributed by atoms with van der Waals surface area (Å²) in [5, 5.41) is 19.2. The molecule has 2 unspecified atom stereocenters. The van der Waals surface area contributed by atoms with Crippen LogP contribution >= 0.6 is 11.8 Å². The van der Waals surface area contributed by atoms with Gasteiger partial charge >= 0.3 is 0 Å². The Morgan fingerprint density at radius 2 is 2.11 bits per heavy atom. The molecule has 0 aliphatic rings. The monoisotopic (exact) mass is 277 g/mol. The summed E-state index contributed by atoms with van der Waals surface area (Å²) in [5.41, 5.74) is -0.267. The van der Waals surface area contributed by atoms with Crippen LogP contribution in [-0.4, -0.2) is 32.2 Å². The highest BCUT2D eigenvalue weighted by Gasteiger charge is 2.22. The number of carbonyl (C=O) groups excluding carboxylic acids is 1. The maximum absolute atomic E-state index is 13.2. The van der Waals surface area contributed by atoms with Gasteiger partial charge in [0, 0.05) is 18.2 Å². The van der Waals surface area contributed by atoms with Crippen LogP contribution in [0.1, 0.15) is 25.0 Å². The van der Waals surface area contributed by atoms with Crippen molar-refractivity contribution in [2.75, 3.05) is 5.75 Å². The van der Waals surface area contributed by atoms with E-state index in [0.29, 0.717) is 5.75 Å². The topological polar surface area (TPSA) is 70.4 Å². The van der Waals surface area contributed by atoms with Gasteiger partial charge in [0.25, 0.3) is 0 Å². The Hall–Kier alpha value is -1.05. The van der Waals surface area contributed by atoms with E-state index in [1.165, 1.54) is 6.92 Å². The summed E-state index contributed by atoms with van der Waals surface area (Å²) in [7, 11) is 0. The Morgan fingerprint density at radius 1 is 1.44 bits per heavy atom. The molecule has 100 valence electrons. The van der Waals surface area contributed by atoms with Gasteiger partial charge in [0.05, 0.1) is 6.10 Å². The summed E-state index contributed by atoms with van der Waals surface area (Å²) in [4.78, 5) is 13.6. The SMILES string of the molecule is CC(=O)SCCC(O)C(O)c1ccc(F)nc1F. The second-order valence-corrected chi connectivity index (χ2v) is 4.93. The van der Waals surface area contributed by atoms with Crippen molar-refractivity contribution in [3.8, 4) is 0 Å². The number of thioether (sulfide) groups is 1. The van der Waals surface area contributed by atoms with Gasteiger partial charge in [-0.2, -0.15) is 13.8 Å². The molecule has 18 heavy (non-hydrogen) atoms. The van der Waals surface area contributed by atoms with Crippen LogP contribution in [-0.2, 0) is 4.79 Å². The average Bonchev–Trinajstić information content (AvgIpc) is 2.27. The largest absolute Gasteiger partial charge is 0.390 e. The van der Waals surface area contributed by atoms with Crippen LogP contribution in [0.3, 0.4) is 0 Å². The summed E-state index contributed by atoms with van der Waals surface area (Å²) in [6, 6.07) is 1.93. The minimum Gasteiger partial charge on any atom is -0.390 e. The number of aliphatic hydroxyl groups excluding tert-OH is 2. The molecule has 1 heterocycles. The Morgan fingerprint density at radius 3 is 2.67 bits per heavy atom. The second-order valence-electron chi connectivity index (χ2n) is 3.65. The fourth-order valence-electron chi connectivity index (χ4n) is 1.33. The van der Waals surface area contributed by atoms with Crippen LogP contribution in [0.2, 0.25) is 0 Å². The van der Waals surface area contributed by atoms with Crippen LogP contribution in [0.5, 0.6) is 0 Å². The van der Waals surface area contributed by atoms with E-state index in [0.717, 1.165) is 23.9 Å². The number of carbonyl (C=O) groups is 1. The highest BCUT2D eigenvalue weighted by Crippen LogP contribution is 2.22. The van der Waals surface area contributed by atoms with E-state index in [-0.39, 0.29) is 17.1 Å². The number of hydrogen-bond acceptors (Lipinski definition) is 5. The van der Waals surface area contributed by atoms with E-state index < -0.39 is 24.1 Å². The third-order valence-electron chi connectivity index (χ3n) is 2.25. The van der Waals surface area contributed by atoms with Crippen LogP contribution in [0.25, 0.3) is 0 Å². The zero-order valence-electron chi connectivity index (χ0n) is 9.64. The Bertz CT molecular complexity index is 431. The second kappa shape index (κ2) is 6.77. The number of hydrogen-bond donors (Lipinski definition) is 2. The zero-order chi connectivity index (χ0) is 13.7. The predicted molar refractivity (Wildman–Crippen MR) is 62.9 cm³/mol. The molecule has 1 aromatic heterocycles. The van der Waals surface area contributed by atoms with Crippen molar-refractivity contribution in [3.63, 3.8) is 0 Å². The minimum absolute atomic E-state index is 0.105.